The summed E-state index contributed by atoms with van der Waals surface area (Å²) < 4.78 is 52.5. The van der Waals surface area contributed by atoms with Crippen LogP contribution in [0.25, 0.3) is 0 Å². The summed E-state index contributed by atoms with van der Waals surface area (Å²) in [6.45, 7) is -0.208. The average molecular weight is 567 g/mol. The van der Waals surface area contributed by atoms with Crippen LogP contribution in [-0.2, 0) is 24.1 Å². The smallest absolute Gasteiger partial charge is 0.368 e. The van der Waals surface area contributed by atoms with E-state index in [4.69, 9.17) is 5.73 Å². The van der Waals surface area contributed by atoms with Gasteiger partial charge < -0.3 is 21.7 Å². The van der Waals surface area contributed by atoms with Crippen LogP contribution in [0.15, 0.2) is 47.5 Å². The van der Waals surface area contributed by atoms with Crippen LogP contribution in [0.5, 0.6) is 0 Å². The van der Waals surface area contributed by atoms with E-state index < -0.39 is 29.4 Å². The maximum atomic E-state index is 13.2. The molecule has 0 atom stereocenters. The van der Waals surface area contributed by atoms with Gasteiger partial charge in [-0.15, -0.1) is 24.0 Å². The molecule has 2 amide bonds. The molecule has 0 bridgehead atoms. The average Bonchev–Trinajstić information content (AvgIpc) is 2.72. The number of nitrogens with zero attached hydrogens (tertiary/aromatic N) is 1. The van der Waals surface area contributed by atoms with Gasteiger partial charge in [0.2, 0.25) is 5.91 Å². The Bertz CT molecular complexity index is 965. The van der Waals surface area contributed by atoms with Crippen molar-refractivity contribution in [3.05, 3.63) is 70.5 Å². The summed E-state index contributed by atoms with van der Waals surface area (Å²) in [5, 5.41) is 8.06. The Morgan fingerprint density at radius 1 is 1.00 bits per heavy atom. The highest BCUT2D eigenvalue weighted by Crippen LogP contribution is 2.32. The lowest BCUT2D eigenvalue weighted by molar-refractivity contribution is -0.138. The lowest BCUT2D eigenvalue weighted by atomic mass is 10.1. The van der Waals surface area contributed by atoms with Crippen molar-refractivity contribution in [1.82, 2.24) is 16.0 Å². The van der Waals surface area contributed by atoms with E-state index in [-0.39, 0.29) is 55.1 Å². The zero-order valence-corrected chi connectivity index (χ0v) is 19.3. The number of nitrogens with one attached hydrogen (secondary N) is 3. The van der Waals surface area contributed by atoms with Crippen molar-refractivity contribution in [2.24, 2.45) is 10.7 Å². The Kier molecular flexibility index (Phi) is 10.4. The molecule has 32 heavy (non-hydrogen) atoms. The number of alkyl halides is 3. The third-order valence-electron chi connectivity index (χ3n) is 4.15. The van der Waals surface area contributed by atoms with Crippen LogP contribution in [0.2, 0.25) is 0 Å². The zero-order chi connectivity index (χ0) is 23.0. The molecular weight excluding hydrogens is 545 g/mol. The van der Waals surface area contributed by atoms with E-state index in [1.807, 2.05) is 0 Å². The number of primary amides is 1. The number of hydrogen-bond acceptors (Lipinski definition) is 3. The molecule has 2 rings (SSSR count). The highest BCUT2D eigenvalue weighted by atomic mass is 127. The molecule has 0 saturated carbocycles. The van der Waals surface area contributed by atoms with Crippen molar-refractivity contribution in [3.63, 3.8) is 0 Å². The van der Waals surface area contributed by atoms with Crippen molar-refractivity contribution >= 4 is 41.8 Å². The van der Waals surface area contributed by atoms with E-state index >= 15 is 0 Å². The molecule has 0 aliphatic carbocycles. The summed E-state index contributed by atoms with van der Waals surface area (Å²) in [6, 6.07) is 8.93. The van der Waals surface area contributed by atoms with Crippen LogP contribution in [0.4, 0.5) is 17.6 Å². The van der Waals surface area contributed by atoms with Crippen LogP contribution < -0.4 is 21.7 Å². The summed E-state index contributed by atoms with van der Waals surface area (Å²) >= 11 is 0. The van der Waals surface area contributed by atoms with Crippen LogP contribution in [0.3, 0.4) is 0 Å². The quantitative estimate of drug-likeness (QED) is 0.179. The first-order valence-electron chi connectivity index (χ1n) is 9.05. The van der Waals surface area contributed by atoms with Crippen LogP contribution in [0.1, 0.15) is 27.0 Å². The molecule has 174 valence electrons. The Morgan fingerprint density at radius 2 is 1.62 bits per heavy atom. The highest BCUT2D eigenvalue weighted by molar-refractivity contribution is 14.0. The van der Waals surface area contributed by atoms with Gasteiger partial charge in [-0.3, -0.25) is 14.6 Å². The second-order valence-electron chi connectivity index (χ2n) is 6.42. The van der Waals surface area contributed by atoms with Crippen molar-refractivity contribution in [1.29, 1.82) is 0 Å². The number of hydrogen-bond donors (Lipinski definition) is 4. The Morgan fingerprint density at radius 3 is 2.19 bits per heavy atom. The van der Waals surface area contributed by atoms with Gasteiger partial charge >= 0.3 is 6.18 Å². The van der Waals surface area contributed by atoms with Gasteiger partial charge in [0.25, 0.3) is 5.91 Å². The lowest BCUT2D eigenvalue weighted by Gasteiger charge is -2.16. The first kappa shape index (κ1) is 27.1. The van der Waals surface area contributed by atoms with Crippen molar-refractivity contribution < 1.29 is 27.2 Å². The predicted octanol–water partition coefficient (Wildman–Crippen LogP) is 2.54. The molecular formula is C20H22F4IN5O2. The van der Waals surface area contributed by atoms with Crippen LogP contribution >= 0.6 is 24.0 Å². The molecule has 2 aromatic rings. The van der Waals surface area contributed by atoms with Crippen LogP contribution in [0, 0.1) is 5.82 Å². The van der Waals surface area contributed by atoms with Gasteiger partial charge in [0.1, 0.15) is 5.82 Å². The van der Waals surface area contributed by atoms with E-state index in [1.54, 1.807) is 24.3 Å². The number of aliphatic imine (C=N–C) groups is 1. The molecule has 2 aromatic carbocycles. The number of carbonyl (C=O) groups is 2. The minimum atomic E-state index is -4.68. The standard InChI is InChI=1S/C20H21F4N5O2.HI/c1-26-19(29-10-14-6-7-15(21)8-16(14)20(22,23)24)28-9-12-2-4-13(5-3-12)18(31)27-11-17(25)30;/h2-8H,9-11H2,1H3,(H2,25,30)(H,27,31)(H2,26,28,29);1H. The normalized spacial score (nSPS) is 11.3. The Labute approximate surface area is 198 Å². The fourth-order valence-electron chi connectivity index (χ4n) is 2.60. The first-order valence-corrected chi connectivity index (χ1v) is 9.05. The molecule has 0 unspecified atom stereocenters. The summed E-state index contributed by atoms with van der Waals surface area (Å²) in [5.41, 5.74) is 4.90. The zero-order valence-electron chi connectivity index (χ0n) is 16.9. The second kappa shape index (κ2) is 12.2. The monoisotopic (exact) mass is 567 g/mol. The van der Waals surface area contributed by atoms with Gasteiger partial charge in [-0.2, -0.15) is 13.2 Å². The third-order valence-corrected chi connectivity index (χ3v) is 4.15. The maximum Gasteiger partial charge on any atom is 0.416 e. The first-order chi connectivity index (χ1) is 14.6. The Hall–Kier alpha value is -2.90. The van der Waals surface area contributed by atoms with E-state index in [1.165, 1.54) is 7.05 Å². The minimum absolute atomic E-state index is 0. The maximum absolute atomic E-state index is 13.2. The molecule has 0 aromatic heterocycles. The number of carbonyl (C=O) groups excluding carboxylic acids is 2. The number of rotatable bonds is 7. The number of guanidine groups is 1. The number of halogens is 5. The second-order valence-corrected chi connectivity index (χ2v) is 6.42. The van der Waals surface area contributed by atoms with Gasteiger partial charge in [-0.1, -0.05) is 18.2 Å². The fourth-order valence-corrected chi connectivity index (χ4v) is 2.60. The van der Waals surface area contributed by atoms with E-state index in [9.17, 15) is 27.2 Å². The van der Waals surface area contributed by atoms with Crippen LogP contribution in [-0.4, -0.2) is 31.4 Å². The molecule has 0 fully saturated rings. The van der Waals surface area contributed by atoms with E-state index in [0.29, 0.717) is 11.6 Å². The Balaban J connectivity index is 0.00000512. The summed E-state index contributed by atoms with van der Waals surface area (Å²) in [6.07, 6.45) is -4.68. The largest absolute Gasteiger partial charge is 0.416 e. The molecule has 7 nitrogen and oxygen atoms in total. The van der Waals surface area contributed by atoms with E-state index in [0.717, 1.165) is 17.7 Å². The van der Waals surface area contributed by atoms with Gasteiger partial charge in [-0.05, 0) is 35.4 Å². The summed E-state index contributed by atoms with van der Waals surface area (Å²) in [4.78, 5) is 26.5. The molecule has 0 saturated heterocycles. The molecule has 0 radical (unpaired) electrons. The fraction of sp³-hybridized carbons (Fsp3) is 0.250. The third kappa shape index (κ3) is 8.32. The molecule has 12 heteroatoms. The van der Waals surface area contributed by atoms with Gasteiger partial charge in [0.15, 0.2) is 5.96 Å². The molecule has 0 aliphatic heterocycles. The number of nitrogens with two attached hydrogens (primary N) is 1. The lowest BCUT2D eigenvalue weighted by Crippen LogP contribution is -2.36. The van der Waals surface area contributed by atoms with Gasteiger partial charge in [0, 0.05) is 25.7 Å². The SMILES string of the molecule is CN=C(NCc1ccc(C(=O)NCC(N)=O)cc1)NCc1ccc(F)cc1C(F)(F)F.I. The number of benzene rings is 2. The van der Waals surface area contributed by atoms with Crippen molar-refractivity contribution in [2.45, 2.75) is 19.3 Å². The highest BCUT2D eigenvalue weighted by Gasteiger charge is 2.33. The van der Waals surface area contributed by atoms with Gasteiger partial charge in [-0.25, -0.2) is 4.39 Å². The van der Waals surface area contributed by atoms with Crippen molar-refractivity contribution in [3.8, 4) is 0 Å². The molecule has 0 spiro atoms. The van der Waals surface area contributed by atoms with E-state index in [2.05, 4.69) is 20.9 Å². The molecule has 0 aliphatic rings. The minimum Gasteiger partial charge on any atom is -0.368 e. The molecule has 5 N–H and O–H groups in total. The topological polar surface area (TPSA) is 109 Å². The summed E-state index contributed by atoms with van der Waals surface area (Å²) in [5.74, 6) is -1.84. The molecule has 0 heterocycles. The van der Waals surface area contributed by atoms with Crippen molar-refractivity contribution in [2.75, 3.05) is 13.6 Å². The van der Waals surface area contributed by atoms with Gasteiger partial charge in [0.05, 0.1) is 12.1 Å². The summed E-state index contributed by atoms with van der Waals surface area (Å²) in [7, 11) is 1.46. The number of amides is 2. The predicted molar refractivity (Wildman–Crippen MR) is 122 cm³/mol.